The summed E-state index contributed by atoms with van der Waals surface area (Å²) in [6.45, 7) is 2.17. The molecule has 0 aliphatic rings. The molecule has 0 fully saturated rings. The standard InChI is InChI=1S/C10H15Br/c1-3-4-5-7-10(2)8-6-9-11/h1,8H,4-7,9H2,2H3. The van der Waals surface area contributed by atoms with Crippen molar-refractivity contribution in [3.63, 3.8) is 0 Å². The fourth-order valence-corrected chi connectivity index (χ4v) is 1.10. The molecule has 0 aromatic heterocycles. The Bertz CT molecular complexity index is 151. The van der Waals surface area contributed by atoms with Crippen molar-refractivity contribution in [3.8, 4) is 12.3 Å². The summed E-state index contributed by atoms with van der Waals surface area (Å²) in [7, 11) is 0. The molecule has 0 N–H and O–H groups in total. The first kappa shape index (κ1) is 10.8. The van der Waals surface area contributed by atoms with Crippen LogP contribution in [0.5, 0.6) is 0 Å². The number of hydrogen-bond acceptors (Lipinski definition) is 0. The van der Waals surface area contributed by atoms with E-state index in [2.05, 4.69) is 34.9 Å². The second kappa shape index (κ2) is 7.88. The van der Waals surface area contributed by atoms with E-state index in [-0.39, 0.29) is 0 Å². The first-order valence-corrected chi connectivity index (χ1v) is 5.08. The van der Waals surface area contributed by atoms with Crippen LogP contribution in [0.3, 0.4) is 0 Å². The fraction of sp³-hybridized carbons (Fsp3) is 0.600. The highest BCUT2D eigenvalue weighted by Crippen LogP contribution is 2.07. The lowest BCUT2D eigenvalue weighted by atomic mass is 10.1. The van der Waals surface area contributed by atoms with Gasteiger partial charge in [0.05, 0.1) is 0 Å². The van der Waals surface area contributed by atoms with Gasteiger partial charge in [-0.15, -0.1) is 12.3 Å². The van der Waals surface area contributed by atoms with Crippen molar-refractivity contribution >= 4 is 15.9 Å². The molecule has 0 unspecified atom stereocenters. The van der Waals surface area contributed by atoms with Gasteiger partial charge >= 0.3 is 0 Å². The SMILES string of the molecule is C#CCCCC(C)=CCCBr. The number of unbranched alkanes of at least 4 members (excludes halogenated alkanes) is 1. The quantitative estimate of drug-likeness (QED) is 0.285. The van der Waals surface area contributed by atoms with Gasteiger partial charge in [-0.3, -0.25) is 0 Å². The smallest absolute Gasteiger partial charge is 0.00891 e. The molecule has 0 spiro atoms. The predicted molar refractivity (Wildman–Crippen MR) is 54.9 cm³/mol. The average molecular weight is 215 g/mol. The van der Waals surface area contributed by atoms with Crippen molar-refractivity contribution in [1.29, 1.82) is 0 Å². The minimum absolute atomic E-state index is 0.902. The van der Waals surface area contributed by atoms with Gasteiger partial charge in [-0.2, -0.15) is 0 Å². The van der Waals surface area contributed by atoms with Crippen molar-refractivity contribution in [3.05, 3.63) is 11.6 Å². The van der Waals surface area contributed by atoms with Crippen molar-refractivity contribution in [2.45, 2.75) is 32.6 Å². The van der Waals surface area contributed by atoms with Gasteiger partial charge in [-0.25, -0.2) is 0 Å². The third kappa shape index (κ3) is 7.68. The lowest BCUT2D eigenvalue weighted by Gasteiger charge is -1.97. The van der Waals surface area contributed by atoms with E-state index < -0.39 is 0 Å². The molecule has 0 aliphatic heterocycles. The van der Waals surface area contributed by atoms with E-state index in [0.29, 0.717) is 0 Å². The number of halogens is 1. The number of hydrogen-bond donors (Lipinski definition) is 0. The molecule has 0 saturated heterocycles. The zero-order valence-corrected chi connectivity index (χ0v) is 8.65. The van der Waals surface area contributed by atoms with E-state index in [1.165, 1.54) is 5.57 Å². The molecule has 11 heavy (non-hydrogen) atoms. The Balaban J connectivity index is 3.36. The van der Waals surface area contributed by atoms with Gasteiger partial charge < -0.3 is 0 Å². The molecule has 0 bridgehead atoms. The lowest BCUT2D eigenvalue weighted by molar-refractivity contribution is 0.841. The third-order valence-electron chi connectivity index (χ3n) is 1.49. The van der Waals surface area contributed by atoms with E-state index in [1.54, 1.807) is 0 Å². The van der Waals surface area contributed by atoms with Crippen LogP contribution in [0.1, 0.15) is 32.6 Å². The van der Waals surface area contributed by atoms with E-state index >= 15 is 0 Å². The van der Waals surface area contributed by atoms with Gasteiger partial charge in [-0.1, -0.05) is 27.6 Å². The number of allylic oxidation sites excluding steroid dienone is 2. The molecule has 0 aromatic rings. The van der Waals surface area contributed by atoms with Gasteiger partial charge in [0.2, 0.25) is 0 Å². The van der Waals surface area contributed by atoms with Crippen molar-refractivity contribution in [2.24, 2.45) is 0 Å². The first-order chi connectivity index (χ1) is 5.31. The summed E-state index contributed by atoms with van der Waals surface area (Å²) in [4.78, 5) is 0. The Morgan fingerprint density at radius 3 is 2.91 bits per heavy atom. The normalized spacial score (nSPS) is 11.2. The van der Waals surface area contributed by atoms with Gasteiger partial charge in [-0.05, 0) is 26.2 Å². The highest BCUT2D eigenvalue weighted by atomic mass is 79.9. The number of rotatable bonds is 5. The summed E-state index contributed by atoms with van der Waals surface area (Å²) in [6.07, 6.45) is 11.7. The van der Waals surface area contributed by atoms with Crippen LogP contribution in [-0.4, -0.2) is 5.33 Å². The summed E-state index contributed by atoms with van der Waals surface area (Å²) in [5, 5.41) is 1.06. The summed E-state index contributed by atoms with van der Waals surface area (Å²) in [5.74, 6) is 2.64. The fourth-order valence-electron chi connectivity index (χ4n) is 0.872. The molecule has 0 atom stereocenters. The van der Waals surface area contributed by atoms with Crippen LogP contribution in [0.25, 0.3) is 0 Å². The zero-order chi connectivity index (χ0) is 8.53. The molecule has 0 radical (unpaired) electrons. The molecular weight excluding hydrogens is 200 g/mol. The molecular formula is C10H15Br. The summed E-state index contributed by atoms with van der Waals surface area (Å²) < 4.78 is 0. The lowest BCUT2D eigenvalue weighted by Crippen LogP contribution is -1.78. The Morgan fingerprint density at radius 1 is 1.64 bits per heavy atom. The average Bonchev–Trinajstić information content (AvgIpc) is 2.01. The van der Waals surface area contributed by atoms with Crippen molar-refractivity contribution < 1.29 is 0 Å². The van der Waals surface area contributed by atoms with Crippen LogP contribution in [0.15, 0.2) is 11.6 Å². The Hall–Kier alpha value is -0.220. The van der Waals surface area contributed by atoms with Gasteiger partial charge in [0.15, 0.2) is 0 Å². The van der Waals surface area contributed by atoms with Crippen molar-refractivity contribution in [1.82, 2.24) is 0 Å². The molecule has 0 aromatic carbocycles. The van der Waals surface area contributed by atoms with Crippen LogP contribution in [0, 0.1) is 12.3 Å². The summed E-state index contributed by atoms with van der Waals surface area (Å²) in [6, 6.07) is 0. The number of alkyl halides is 1. The molecule has 0 rings (SSSR count). The summed E-state index contributed by atoms with van der Waals surface area (Å²) in [5.41, 5.74) is 1.46. The van der Waals surface area contributed by atoms with Crippen LogP contribution in [0.2, 0.25) is 0 Å². The van der Waals surface area contributed by atoms with Crippen LogP contribution < -0.4 is 0 Å². The Labute approximate surface area is 78.2 Å². The van der Waals surface area contributed by atoms with Crippen LogP contribution >= 0.6 is 15.9 Å². The molecule has 0 heterocycles. The van der Waals surface area contributed by atoms with E-state index in [1.807, 2.05) is 0 Å². The minimum atomic E-state index is 0.902. The highest BCUT2D eigenvalue weighted by molar-refractivity contribution is 9.09. The Kier molecular flexibility index (Phi) is 7.72. The highest BCUT2D eigenvalue weighted by Gasteiger charge is 1.88. The van der Waals surface area contributed by atoms with Gasteiger partial charge in [0, 0.05) is 11.8 Å². The molecule has 0 nitrogen and oxygen atoms in total. The maximum atomic E-state index is 5.14. The largest absolute Gasteiger partial charge is 0.120 e. The third-order valence-corrected chi connectivity index (χ3v) is 1.95. The summed E-state index contributed by atoms with van der Waals surface area (Å²) >= 11 is 3.38. The maximum Gasteiger partial charge on any atom is 0.00891 e. The van der Waals surface area contributed by atoms with Crippen LogP contribution in [0.4, 0.5) is 0 Å². The van der Waals surface area contributed by atoms with E-state index in [0.717, 1.165) is 31.0 Å². The maximum absolute atomic E-state index is 5.14. The number of terminal acetylenes is 1. The van der Waals surface area contributed by atoms with Crippen LogP contribution in [-0.2, 0) is 0 Å². The van der Waals surface area contributed by atoms with E-state index in [9.17, 15) is 0 Å². The predicted octanol–water partition coefficient (Wildman–Crippen LogP) is 3.52. The van der Waals surface area contributed by atoms with Gasteiger partial charge in [0.25, 0.3) is 0 Å². The second-order valence-electron chi connectivity index (χ2n) is 2.59. The molecule has 62 valence electrons. The monoisotopic (exact) mass is 214 g/mol. The molecule has 0 saturated carbocycles. The molecule has 0 amide bonds. The van der Waals surface area contributed by atoms with E-state index in [4.69, 9.17) is 6.42 Å². The molecule has 1 heteroatoms. The van der Waals surface area contributed by atoms with Gasteiger partial charge in [0.1, 0.15) is 0 Å². The molecule has 0 aliphatic carbocycles. The Morgan fingerprint density at radius 2 is 2.36 bits per heavy atom. The first-order valence-electron chi connectivity index (χ1n) is 3.96. The van der Waals surface area contributed by atoms with Crippen molar-refractivity contribution in [2.75, 3.05) is 5.33 Å². The minimum Gasteiger partial charge on any atom is -0.120 e. The topological polar surface area (TPSA) is 0 Å². The zero-order valence-electron chi connectivity index (χ0n) is 7.07. The second-order valence-corrected chi connectivity index (χ2v) is 3.38.